The topological polar surface area (TPSA) is 83.2 Å². The van der Waals surface area contributed by atoms with Crippen molar-refractivity contribution in [3.8, 4) is 11.1 Å². The number of anilines is 1. The lowest BCUT2D eigenvalue weighted by Gasteiger charge is -2.06. The number of halogens is 1. The molecule has 0 amide bonds. The minimum atomic E-state index is -0.222. The van der Waals surface area contributed by atoms with Gasteiger partial charge in [-0.1, -0.05) is 47.6 Å². The fourth-order valence-electron chi connectivity index (χ4n) is 2.75. The van der Waals surface area contributed by atoms with E-state index in [-0.39, 0.29) is 11.8 Å². The molecule has 1 heterocycles. The first-order chi connectivity index (χ1) is 13.7. The molecule has 28 heavy (non-hydrogen) atoms. The van der Waals surface area contributed by atoms with Crippen molar-refractivity contribution in [2.24, 2.45) is 0 Å². The molecular formula is C21H23FN4O2. The predicted molar refractivity (Wildman–Crippen MR) is 107 cm³/mol. The van der Waals surface area contributed by atoms with Crippen molar-refractivity contribution in [3.63, 3.8) is 0 Å². The summed E-state index contributed by atoms with van der Waals surface area (Å²) < 4.78 is 24.0. The second-order valence-corrected chi connectivity index (χ2v) is 6.28. The number of hydrogen-bond acceptors (Lipinski definition) is 4. The summed E-state index contributed by atoms with van der Waals surface area (Å²) in [4.78, 5) is 0. The van der Waals surface area contributed by atoms with Gasteiger partial charge in [-0.25, -0.2) is 4.39 Å². The minimum Gasteiger partial charge on any atom is -0.383 e. The molecule has 146 valence electrons. The number of nitrogens with zero attached hydrogens (tertiary/aromatic N) is 1. The van der Waals surface area contributed by atoms with Crippen LogP contribution in [-0.2, 0) is 17.6 Å². The van der Waals surface area contributed by atoms with E-state index in [2.05, 4.69) is 15.8 Å². The van der Waals surface area contributed by atoms with Crippen LogP contribution in [0.3, 0.4) is 0 Å². The van der Waals surface area contributed by atoms with Crippen LogP contribution in [0.25, 0.3) is 11.1 Å². The van der Waals surface area contributed by atoms with Crippen molar-refractivity contribution in [2.75, 3.05) is 25.6 Å². The summed E-state index contributed by atoms with van der Waals surface area (Å²) in [5.41, 5.74) is 3.38. The van der Waals surface area contributed by atoms with E-state index in [0.29, 0.717) is 31.0 Å². The molecule has 0 radical (unpaired) electrons. The normalized spacial score (nSPS) is 10.6. The van der Waals surface area contributed by atoms with Gasteiger partial charge < -0.3 is 14.6 Å². The minimum absolute atomic E-state index is 0.128. The summed E-state index contributed by atoms with van der Waals surface area (Å²) in [6.45, 7) is 1.05. The molecular weight excluding hydrogens is 359 g/mol. The zero-order valence-corrected chi connectivity index (χ0v) is 15.7. The highest BCUT2D eigenvalue weighted by Gasteiger charge is 2.07. The molecule has 0 fully saturated rings. The molecule has 0 saturated heterocycles. The number of ether oxygens (including phenoxy) is 1. The van der Waals surface area contributed by atoms with Gasteiger partial charge in [-0.15, -0.1) is 0 Å². The standard InChI is InChI=1S/C21H23FN4O2/c1-27-13-12-24-21(23)25-20-14-17(26-28-20)11-8-15-6-9-16(10-7-15)18-4-2-3-5-19(18)22/h2-7,9-10,14H,8,11-13H2,1H3,(H3,23,24,25). The van der Waals surface area contributed by atoms with Crippen molar-refractivity contribution in [1.29, 1.82) is 5.41 Å². The molecule has 0 aliphatic carbocycles. The quantitative estimate of drug-likeness (QED) is 0.313. The van der Waals surface area contributed by atoms with Crippen molar-refractivity contribution < 1.29 is 13.7 Å². The average Bonchev–Trinajstić information content (AvgIpc) is 3.15. The Morgan fingerprint density at radius 3 is 2.68 bits per heavy atom. The van der Waals surface area contributed by atoms with Crippen molar-refractivity contribution >= 4 is 11.8 Å². The fourth-order valence-corrected chi connectivity index (χ4v) is 2.75. The number of benzene rings is 2. The number of hydrogen-bond donors (Lipinski definition) is 3. The SMILES string of the molecule is COCCNC(=N)Nc1cc(CCc2ccc(-c3ccccc3F)cc2)no1. The number of aryl methyl sites for hydroxylation is 2. The smallest absolute Gasteiger partial charge is 0.231 e. The summed E-state index contributed by atoms with van der Waals surface area (Å²) in [7, 11) is 1.61. The molecule has 0 aliphatic rings. The highest BCUT2D eigenvalue weighted by atomic mass is 19.1. The number of methoxy groups -OCH3 is 1. The maximum Gasteiger partial charge on any atom is 0.231 e. The van der Waals surface area contributed by atoms with Crippen molar-refractivity contribution in [1.82, 2.24) is 10.5 Å². The summed E-state index contributed by atoms with van der Waals surface area (Å²) in [6.07, 6.45) is 1.49. The predicted octanol–water partition coefficient (Wildman–Crippen LogP) is 3.85. The van der Waals surface area contributed by atoms with Crippen LogP contribution in [0.4, 0.5) is 10.3 Å². The average molecular weight is 382 g/mol. The largest absolute Gasteiger partial charge is 0.383 e. The van der Waals surface area contributed by atoms with Crippen molar-refractivity contribution in [3.05, 3.63) is 71.7 Å². The van der Waals surface area contributed by atoms with E-state index < -0.39 is 0 Å². The fraction of sp³-hybridized carbons (Fsp3) is 0.238. The molecule has 0 saturated carbocycles. The van der Waals surface area contributed by atoms with Gasteiger partial charge >= 0.3 is 0 Å². The zero-order chi connectivity index (χ0) is 19.8. The van der Waals surface area contributed by atoms with Gasteiger partial charge in [0.2, 0.25) is 5.88 Å². The van der Waals surface area contributed by atoms with Gasteiger partial charge in [0, 0.05) is 25.3 Å². The van der Waals surface area contributed by atoms with Crippen LogP contribution in [-0.4, -0.2) is 31.4 Å². The molecule has 0 unspecified atom stereocenters. The van der Waals surface area contributed by atoms with Crippen LogP contribution in [0.1, 0.15) is 11.3 Å². The third kappa shape index (κ3) is 5.40. The highest BCUT2D eigenvalue weighted by Crippen LogP contribution is 2.23. The summed E-state index contributed by atoms with van der Waals surface area (Å²) >= 11 is 0. The summed E-state index contributed by atoms with van der Waals surface area (Å²) in [5.74, 6) is 0.323. The molecule has 0 bridgehead atoms. The Kier molecular flexibility index (Phi) is 6.75. The lowest BCUT2D eigenvalue weighted by Crippen LogP contribution is -2.31. The maximum absolute atomic E-state index is 13.9. The van der Waals surface area contributed by atoms with Gasteiger partial charge in [-0.2, -0.15) is 0 Å². The number of aromatic nitrogens is 1. The van der Waals surface area contributed by atoms with Crippen LogP contribution in [0, 0.1) is 11.2 Å². The Morgan fingerprint density at radius 2 is 1.93 bits per heavy atom. The molecule has 2 aromatic carbocycles. The zero-order valence-electron chi connectivity index (χ0n) is 15.7. The second-order valence-electron chi connectivity index (χ2n) is 6.28. The van der Waals surface area contributed by atoms with Crippen LogP contribution < -0.4 is 10.6 Å². The maximum atomic E-state index is 13.9. The molecule has 6 nitrogen and oxygen atoms in total. The molecule has 7 heteroatoms. The lowest BCUT2D eigenvalue weighted by atomic mass is 10.0. The highest BCUT2D eigenvalue weighted by molar-refractivity contribution is 5.89. The molecule has 3 rings (SSSR count). The number of guanidine groups is 1. The molecule has 0 spiro atoms. The molecule has 0 aliphatic heterocycles. The van der Waals surface area contributed by atoms with E-state index in [0.717, 1.165) is 23.2 Å². The summed E-state index contributed by atoms with van der Waals surface area (Å²) in [5, 5.41) is 17.4. The molecule has 3 aromatic rings. The first-order valence-electron chi connectivity index (χ1n) is 9.03. The van der Waals surface area contributed by atoms with E-state index >= 15 is 0 Å². The van der Waals surface area contributed by atoms with Crippen LogP contribution >= 0.6 is 0 Å². The first kappa shape index (κ1) is 19.6. The van der Waals surface area contributed by atoms with Gasteiger partial charge in [0.1, 0.15) is 5.82 Å². The third-order valence-electron chi connectivity index (χ3n) is 4.22. The van der Waals surface area contributed by atoms with Gasteiger partial charge in [-0.05, 0) is 30.0 Å². The van der Waals surface area contributed by atoms with E-state index in [1.165, 1.54) is 6.07 Å². The van der Waals surface area contributed by atoms with Crippen LogP contribution in [0.5, 0.6) is 0 Å². The molecule has 3 N–H and O–H groups in total. The van der Waals surface area contributed by atoms with Crippen LogP contribution in [0.2, 0.25) is 0 Å². The monoisotopic (exact) mass is 382 g/mol. The van der Waals surface area contributed by atoms with Gasteiger partial charge in [0.25, 0.3) is 0 Å². The summed E-state index contributed by atoms with van der Waals surface area (Å²) in [6, 6.07) is 16.4. The van der Waals surface area contributed by atoms with E-state index in [4.69, 9.17) is 14.7 Å². The van der Waals surface area contributed by atoms with Gasteiger partial charge in [-0.3, -0.25) is 10.7 Å². The number of nitrogens with one attached hydrogen (secondary N) is 3. The Bertz CT molecular complexity index is 909. The number of rotatable bonds is 8. The third-order valence-corrected chi connectivity index (χ3v) is 4.22. The molecule has 1 aromatic heterocycles. The van der Waals surface area contributed by atoms with Crippen LogP contribution in [0.15, 0.2) is 59.1 Å². The van der Waals surface area contributed by atoms with Gasteiger partial charge in [0.05, 0.1) is 12.3 Å². The van der Waals surface area contributed by atoms with E-state index in [1.807, 2.05) is 30.3 Å². The Hall–Kier alpha value is -3.19. The van der Waals surface area contributed by atoms with E-state index in [9.17, 15) is 4.39 Å². The Labute approximate surface area is 163 Å². The van der Waals surface area contributed by atoms with E-state index in [1.54, 1.807) is 25.3 Å². The molecule has 0 atom stereocenters. The second kappa shape index (κ2) is 9.66. The van der Waals surface area contributed by atoms with Crippen molar-refractivity contribution in [2.45, 2.75) is 12.8 Å². The first-order valence-corrected chi connectivity index (χ1v) is 9.03. The Morgan fingerprint density at radius 1 is 1.14 bits per heavy atom. The van der Waals surface area contributed by atoms with Gasteiger partial charge in [0.15, 0.2) is 5.96 Å². The lowest BCUT2D eigenvalue weighted by molar-refractivity contribution is 0.204. The Balaban J connectivity index is 1.51.